The van der Waals surface area contributed by atoms with Gasteiger partial charge in [0, 0.05) is 32.0 Å². The molecule has 2 aromatic rings. The lowest BCUT2D eigenvalue weighted by Crippen LogP contribution is -2.40. The van der Waals surface area contributed by atoms with E-state index in [1.807, 2.05) is 0 Å². The number of unbranched alkanes of at least 4 members (excludes halogenated alkanes) is 1. The molecule has 2 aliphatic rings. The van der Waals surface area contributed by atoms with E-state index in [-0.39, 0.29) is 4.90 Å². The van der Waals surface area contributed by atoms with Gasteiger partial charge in [0.15, 0.2) is 0 Å². The van der Waals surface area contributed by atoms with Crippen molar-refractivity contribution in [1.29, 1.82) is 0 Å². The number of rotatable bonds is 9. The predicted molar refractivity (Wildman–Crippen MR) is 130 cm³/mol. The molecule has 0 aromatic carbocycles. The smallest absolute Gasteiger partial charge is 0.244 e. The van der Waals surface area contributed by atoms with Gasteiger partial charge >= 0.3 is 0 Å². The Labute approximate surface area is 201 Å². The Balaban J connectivity index is 1.61. The molecule has 3 N–H and O–H groups in total. The number of aromatic nitrogens is 3. The molecule has 1 aliphatic carbocycles. The molecular weight excluding hydrogens is 456 g/mol. The van der Waals surface area contributed by atoms with Crippen molar-refractivity contribution >= 4 is 21.8 Å². The van der Waals surface area contributed by atoms with E-state index in [1.54, 1.807) is 18.3 Å². The Kier molecular flexibility index (Phi) is 7.97. The molecule has 1 saturated carbocycles. The van der Waals surface area contributed by atoms with Crippen LogP contribution in [0.3, 0.4) is 0 Å². The Morgan fingerprint density at radius 3 is 2.56 bits per heavy atom. The van der Waals surface area contributed by atoms with E-state index >= 15 is 0 Å². The highest BCUT2D eigenvalue weighted by Crippen LogP contribution is 2.33. The number of hydrogen-bond acceptors (Lipinski definition) is 9. The lowest BCUT2D eigenvalue weighted by atomic mass is 9.91. The molecule has 11 heteroatoms. The molecule has 1 aliphatic heterocycles. The minimum atomic E-state index is -3.63. The molecule has 0 spiro atoms. The Hall–Kier alpha value is -2.34. The standard InChI is InChI=1S/C23H34N6O4S/c1-2-3-11-24-22-26-17-19(21(27-22)28-23(30)9-5-4-6-10-23)20-8-7-18(16-25-20)34(31,32)29-12-14-33-15-13-29/h7-8,16-17,30H,2-6,9-15H2,1H3,(H2,24,26,27,28). The van der Waals surface area contributed by atoms with Crippen molar-refractivity contribution in [2.45, 2.75) is 62.5 Å². The zero-order valence-electron chi connectivity index (χ0n) is 19.7. The SMILES string of the molecule is CCCCNc1ncc(-c2ccc(S(=O)(=O)N3CCOCC3)cn2)c(NC2(O)CCCCC2)n1. The summed E-state index contributed by atoms with van der Waals surface area (Å²) in [6.45, 7) is 4.31. The number of anilines is 2. The highest BCUT2D eigenvalue weighted by atomic mass is 32.2. The molecule has 0 bridgehead atoms. The number of morpholine rings is 1. The third kappa shape index (κ3) is 5.83. The maximum absolute atomic E-state index is 12.9. The van der Waals surface area contributed by atoms with Crippen LogP contribution < -0.4 is 10.6 Å². The molecule has 3 heterocycles. The fraction of sp³-hybridized carbons (Fsp3) is 0.609. The molecule has 0 amide bonds. The average Bonchev–Trinajstić information content (AvgIpc) is 2.85. The molecule has 0 atom stereocenters. The van der Waals surface area contributed by atoms with E-state index in [9.17, 15) is 13.5 Å². The van der Waals surface area contributed by atoms with Crippen LogP contribution in [0.25, 0.3) is 11.3 Å². The van der Waals surface area contributed by atoms with Crippen LogP contribution >= 0.6 is 0 Å². The van der Waals surface area contributed by atoms with Crippen LogP contribution in [0, 0.1) is 0 Å². The first kappa shape index (κ1) is 24.8. The lowest BCUT2D eigenvalue weighted by Gasteiger charge is -2.34. The summed E-state index contributed by atoms with van der Waals surface area (Å²) in [7, 11) is -3.63. The zero-order chi connectivity index (χ0) is 24.0. The van der Waals surface area contributed by atoms with Crippen LogP contribution in [0.5, 0.6) is 0 Å². The van der Waals surface area contributed by atoms with Crippen LogP contribution in [0.15, 0.2) is 29.4 Å². The van der Waals surface area contributed by atoms with Gasteiger partial charge in [-0.2, -0.15) is 9.29 Å². The summed E-state index contributed by atoms with van der Waals surface area (Å²) in [5, 5.41) is 17.5. The van der Waals surface area contributed by atoms with E-state index in [1.165, 1.54) is 10.5 Å². The van der Waals surface area contributed by atoms with Gasteiger partial charge in [-0.15, -0.1) is 0 Å². The Bertz CT molecular complexity index is 1050. The van der Waals surface area contributed by atoms with E-state index in [4.69, 9.17) is 4.74 Å². The number of nitrogens with one attached hydrogen (secondary N) is 2. The summed E-state index contributed by atoms with van der Waals surface area (Å²) in [5.41, 5.74) is 0.0973. The molecule has 10 nitrogen and oxygen atoms in total. The van der Waals surface area contributed by atoms with Crippen molar-refractivity contribution in [1.82, 2.24) is 19.3 Å². The van der Waals surface area contributed by atoms with E-state index < -0.39 is 15.7 Å². The topological polar surface area (TPSA) is 130 Å². The molecule has 0 radical (unpaired) electrons. The van der Waals surface area contributed by atoms with E-state index in [0.29, 0.717) is 62.2 Å². The number of ether oxygens (including phenoxy) is 1. The summed E-state index contributed by atoms with van der Waals surface area (Å²) >= 11 is 0. The summed E-state index contributed by atoms with van der Waals surface area (Å²) in [5.74, 6) is 0.959. The van der Waals surface area contributed by atoms with Gasteiger partial charge in [0.25, 0.3) is 0 Å². The summed E-state index contributed by atoms with van der Waals surface area (Å²) < 4.78 is 32.5. The van der Waals surface area contributed by atoms with E-state index in [0.717, 1.165) is 38.6 Å². The third-order valence-corrected chi connectivity index (χ3v) is 8.14. The van der Waals surface area contributed by atoms with Gasteiger partial charge in [0.2, 0.25) is 16.0 Å². The fourth-order valence-electron chi connectivity index (χ4n) is 4.24. The summed E-state index contributed by atoms with van der Waals surface area (Å²) in [6.07, 6.45) is 9.35. The van der Waals surface area contributed by atoms with Gasteiger partial charge in [0.1, 0.15) is 16.4 Å². The quantitative estimate of drug-likeness (QED) is 0.359. The largest absolute Gasteiger partial charge is 0.379 e. The van der Waals surface area contributed by atoms with Gasteiger partial charge in [0.05, 0.1) is 24.5 Å². The van der Waals surface area contributed by atoms with Crippen molar-refractivity contribution in [2.24, 2.45) is 0 Å². The minimum absolute atomic E-state index is 0.136. The molecule has 4 rings (SSSR count). The number of pyridine rings is 1. The number of nitrogens with zero attached hydrogens (tertiary/aromatic N) is 4. The second-order valence-corrected chi connectivity index (χ2v) is 10.8. The van der Waals surface area contributed by atoms with Crippen LogP contribution in [-0.2, 0) is 14.8 Å². The Morgan fingerprint density at radius 2 is 1.88 bits per heavy atom. The van der Waals surface area contributed by atoms with Crippen molar-refractivity contribution in [3.63, 3.8) is 0 Å². The van der Waals surface area contributed by atoms with Crippen molar-refractivity contribution < 1.29 is 18.3 Å². The predicted octanol–water partition coefficient (Wildman–Crippen LogP) is 2.84. The van der Waals surface area contributed by atoms with E-state index in [2.05, 4.69) is 32.5 Å². The number of aliphatic hydroxyl groups is 1. The van der Waals surface area contributed by atoms with Crippen molar-refractivity contribution in [3.8, 4) is 11.3 Å². The lowest BCUT2D eigenvalue weighted by molar-refractivity contribution is 0.0314. The van der Waals surface area contributed by atoms with Gasteiger partial charge in [-0.3, -0.25) is 4.98 Å². The molecule has 2 aromatic heterocycles. The van der Waals surface area contributed by atoms with Crippen LogP contribution in [0.4, 0.5) is 11.8 Å². The van der Waals surface area contributed by atoms with Crippen LogP contribution in [-0.4, -0.2) is 71.4 Å². The van der Waals surface area contributed by atoms with Crippen LogP contribution in [0.1, 0.15) is 51.9 Å². The van der Waals surface area contributed by atoms with Gasteiger partial charge in [-0.05, 0) is 44.2 Å². The number of hydrogen-bond donors (Lipinski definition) is 3. The molecule has 0 unspecified atom stereocenters. The summed E-state index contributed by atoms with van der Waals surface area (Å²) in [4.78, 5) is 13.6. The highest BCUT2D eigenvalue weighted by Gasteiger charge is 2.31. The van der Waals surface area contributed by atoms with Crippen molar-refractivity contribution in [2.75, 3.05) is 43.5 Å². The molecule has 2 fully saturated rings. The maximum Gasteiger partial charge on any atom is 0.244 e. The second-order valence-electron chi connectivity index (χ2n) is 8.85. The van der Waals surface area contributed by atoms with Gasteiger partial charge < -0.3 is 20.5 Å². The summed E-state index contributed by atoms with van der Waals surface area (Å²) in [6, 6.07) is 3.21. The fourth-order valence-corrected chi connectivity index (χ4v) is 5.59. The maximum atomic E-state index is 12.9. The van der Waals surface area contributed by atoms with Gasteiger partial charge in [-0.25, -0.2) is 13.4 Å². The average molecular weight is 491 g/mol. The number of sulfonamides is 1. The molecule has 186 valence electrons. The second kappa shape index (κ2) is 10.9. The monoisotopic (exact) mass is 490 g/mol. The molecular formula is C23H34N6O4S. The molecule has 34 heavy (non-hydrogen) atoms. The van der Waals surface area contributed by atoms with Crippen LogP contribution in [0.2, 0.25) is 0 Å². The first-order valence-corrected chi connectivity index (χ1v) is 13.5. The van der Waals surface area contributed by atoms with Crippen molar-refractivity contribution in [3.05, 3.63) is 24.5 Å². The molecule has 1 saturated heterocycles. The highest BCUT2D eigenvalue weighted by molar-refractivity contribution is 7.89. The normalized spacial score (nSPS) is 19.0. The minimum Gasteiger partial charge on any atom is -0.379 e. The Morgan fingerprint density at radius 1 is 1.12 bits per heavy atom. The first-order valence-electron chi connectivity index (χ1n) is 12.1. The third-order valence-electron chi connectivity index (χ3n) is 6.25. The zero-order valence-corrected chi connectivity index (χ0v) is 20.5. The van der Waals surface area contributed by atoms with Gasteiger partial charge in [-0.1, -0.05) is 19.8 Å². The first-order chi connectivity index (χ1) is 16.4.